The lowest BCUT2D eigenvalue weighted by Crippen LogP contribution is -2.37. The monoisotopic (exact) mass is 509 g/mol. The number of aliphatic hydroxyl groups excluding tert-OH is 1. The predicted molar refractivity (Wildman–Crippen MR) is 123 cm³/mol. The lowest BCUT2D eigenvalue weighted by molar-refractivity contribution is -0.113. The number of hydrogen-bond donors (Lipinski definition) is 4. The summed E-state index contributed by atoms with van der Waals surface area (Å²) >= 11 is 6.14. The predicted octanol–water partition coefficient (Wildman–Crippen LogP) is 0.880. The van der Waals surface area contributed by atoms with Crippen LogP contribution < -0.4 is 16.6 Å². The number of fused-ring (bicyclic) bond motifs is 2. The van der Waals surface area contributed by atoms with E-state index in [9.17, 15) is 14.7 Å². The van der Waals surface area contributed by atoms with Crippen molar-refractivity contribution in [3.8, 4) is 0 Å². The summed E-state index contributed by atoms with van der Waals surface area (Å²) in [7, 11) is -1.55. The molecular weight excluding hydrogens is 491 g/mol. The molecule has 12 nitrogen and oxygen atoms in total. The van der Waals surface area contributed by atoms with Crippen LogP contribution in [0.5, 0.6) is 0 Å². The van der Waals surface area contributed by atoms with Crippen molar-refractivity contribution in [1.82, 2.24) is 19.5 Å². The van der Waals surface area contributed by atoms with Crippen molar-refractivity contribution in [1.29, 1.82) is 0 Å². The number of aromatic amines is 1. The zero-order chi connectivity index (χ0) is 23.1. The van der Waals surface area contributed by atoms with Gasteiger partial charge in [0.25, 0.3) is 5.56 Å². The van der Waals surface area contributed by atoms with Gasteiger partial charge < -0.3 is 20.9 Å². The number of ether oxygens (including phenoxy) is 1. The number of rotatable bonds is 5. The molecular formula is C18H18N6O6PS2+. The molecule has 2 unspecified atom stereocenters. The minimum atomic E-state index is -1.55. The van der Waals surface area contributed by atoms with Crippen LogP contribution in [0.3, 0.4) is 0 Å². The number of benzene rings is 1. The van der Waals surface area contributed by atoms with Gasteiger partial charge in [0.1, 0.15) is 18.8 Å². The number of aliphatic hydroxyl groups is 1. The van der Waals surface area contributed by atoms with E-state index in [0.29, 0.717) is 5.69 Å². The van der Waals surface area contributed by atoms with Gasteiger partial charge in [0, 0.05) is 5.69 Å². The van der Waals surface area contributed by atoms with Gasteiger partial charge >= 0.3 is 7.15 Å². The van der Waals surface area contributed by atoms with E-state index in [1.54, 1.807) is 12.1 Å². The summed E-state index contributed by atoms with van der Waals surface area (Å²) in [6.45, 7) is 0.165. The summed E-state index contributed by atoms with van der Waals surface area (Å²) in [5, 5.41) is 14.0. The summed E-state index contributed by atoms with van der Waals surface area (Å²) in [5.74, 6) is -0.412. The molecule has 2 saturated heterocycles. The van der Waals surface area contributed by atoms with E-state index in [-0.39, 0.29) is 40.5 Å². The highest BCUT2D eigenvalue weighted by Gasteiger charge is 2.54. The molecule has 5 rings (SSSR count). The topological polar surface area (TPSA) is 167 Å². The number of nitrogens with one attached hydrogen (secondary N) is 2. The Morgan fingerprint density at radius 3 is 2.97 bits per heavy atom. The molecule has 1 aromatic carbocycles. The van der Waals surface area contributed by atoms with E-state index < -0.39 is 37.2 Å². The van der Waals surface area contributed by atoms with Gasteiger partial charge in [-0.15, -0.1) is 9.05 Å². The maximum atomic E-state index is 12.5. The van der Waals surface area contributed by atoms with E-state index in [4.69, 9.17) is 31.3 Å². The van der Waals surface area contributed by atoms with E-state index >= 15 is 0 Å². The van der Waals surface area contributed by atoms with Crippen LogP contribution in [-0.4, -0.2) is 61.2 Å². The molecule has 0 bridgehead atoms. The van der Waals surface area contributed by atoms with E-state index in [1.807, 2.05) is 18.2 Å². The van der Waals surface area contributed by atoms with Gasteiger partial charge in [-0.25, -0.2) is 4.98 Å². The van der Waals surface area contributed by atoms with Gasteiger partial charge in [-0.3, -0.25) is 19.1 Å². The number of carbonyl (C=O) groups is 1. The van der Waals surface area contributed by atoms with Gasteiger partial charge in [-0.05, 0) is 12.1 Å². The molecule has 2 fully saturated rings. The molecule has 1 amide bonds. The number of anilines is 2. The minimum Gasteiger partial charge on any atom is -0.385 e. The molecule has 4 heterocycles. The second-order valence-electron chi connectivity index (χ2n) is 7.24. The molecule has 33 heavy (non-hydrogen) atoms. The first kappa shape index (κ1) is 22.3. The third-order valence-electron chi connectivity index (χ3n) is 5.04. The first-order valence-electron chi connectivity index (χ1n) is 9.76. The van der Waals surface area contributed by atoms with E-state index in [2.05, 4.69) is 20.3 Å². The van der Waals surface area contributed by atoms with Crippen LogP contribution in [0, 0.1) is 0 Å². The molecule has 0 saturated carbocycles. The number of imidazole rings is 1. The van der Waals surface area contributed by atoms with Gasteiger partial charge in [0.2, 0.25) is 23.7 Å². The molecule has 2 aliphatic rings. The number of para-hydroxylation sites is 1. The van der Waals surface area contributed by atoms with Crippen LogP contribution >= 0.6 is 18.9 Å². The third-order valence-corrected chi connectivity index (χ3v) is 7.34. The third kappa shape index (κ3) is 4.38. The Morgan fingerprint density at radius 1 is 1.39 bits per heavy atom. The van der Waals surface area contributed by atoms with E-state index in [0.717, 1.165) is 11.8 Å². The Bertz CT molecular complexity index is 1290. The van der Waals surface area contributed by atoms with Crippen LogP contribution in [0.25, 0.3) is 11.2 Å². The minimum absolute atomic E-state index is 0.00327. The van der Waals surface area contributed by atoms with Crippen LogP contribution in [0.15, 0.2) is 40.3 Å². The second-order valence-corrected chi connectivity index (χ2v) is 9.99. The van der Waals surface area contributed by atoms with Crippen molar-refractivity contribution in [3.05, 3.63) is 40.7 Å². The molecule has 2 aliphatic heterocycles. The molecule has 0 aliphatic carbocycles. The number of nitrogens with two attached hydrogens (primary N) is 1. The number of carbonyl (C=O) groups excluding carboxylic acids is 1. The molecule has 5 N–H and O–H groups in total. The lowest BCUT2D eigenvalue weighted by Gasteiger charge is -2.19. The highest BCUT2D eigenvalue weighted by atomic mass is 32.4. The van der Waals surface area contributed by atoms with Gasteiger partial charge in [0.15, 0.2) is 28.7 Å². The van der Waals surface area contributed by atoms with Crippen LogP contribution in [0.1, 0.15) is 6.23 Å². The molecule has 3 aromatic rings. The van der Waals surface area contributed by atoms with Gasteiger partial charge in [-0.2, -0.15) is 4.98 Å². The molecule has 172 valence electrons. The molecule has 15 heteroatoms. The number of amides is 1. The lowest BCUT2D eigenvalue weighted by atomic mass is 10.1. The summed E-state index contributed by atoms with van der Waals surface area (Å²) in [4.78, 5) is 35.8. The first-order valence-corrected chi connectivity index (χ1v) is 12.9. The van der Waals surface area contributed by atoms with Crippen LogP contribution in [0.2, 0.25) is 0 Å². The Morgan fingerprint density at radius 2 is 2.18 bits per heavy atom. The van der Waals surface area contributed by atoms with Crippen molar-refractivity contribution in [3.63, 3.8) is 0 Å². The summed E-state index contributed by atoms with van der Waals surface area (Å²) in [6, 6.07) is 9.00. The Hall–Kier alpha value is -2.45. The first-order chi connectivity index (χ1) is 15.9. The standard InChI is InChI=1S/C18H17N6O6PS2/c19-17-22-14-11(15(27)23-17)21-18(33-7-10(25)20-8-4-2-1-3-5-8)24(14)16-12(26)13-9(29-16)6-28-31(32)30-13/h1-5,9,12-13,16,26H,6-7H2,(H3-,19,20,22,23,25,27)/p+1/t9?,12-,13+,16+/m0/s1. The van der Waals surface area contributed by atoms with Gasteiger partial charge in [0.05, 0.1) is 5.75 Å². The van der Waals surface area contributed by atoms with Crippen molar-refractivity contribution < 1.29 is 23.7 Å². The molecule has 2 aromatic heterocycles. The quantitative estimate of drug-likeness (QED) is 0.285. The average Bonchev–Trinajstić information content (AvgIpc) is 3.30. The molecule has 0 radical (unpaired) electrons. The summed E-state index contributed by atoms with van der Waals surface area (Å²) in [6.07, 6.45) is -3.41. The highest BCUT2D eigenvalue weighted by Crippen LogP contribution is 2.44. The fourth-order valence-electron chi connectivity index (χ4n) is 3.62. The summed E-state index contributed by atoms with van der Waals surface area (Å²) in [5.41, 5.74) is 5.96. The van der Waals surface area contributed by atoms with Crippen molar-refractivity contribution in [2.24, 2.45) is 0 Å². The maximum absolute atomic E-state index is 12.5. The summed E-state index contributed by atoms with van der Waals surface area (Å²) < 4.78 is 18.4. The fraction of sp³-hybridized carbons (Fsp3) is 0.333. The second kappa shape index (κ2) is 9.06. The number of nitrogen functional groups attached to an aromatic ring is 1. The van der Waals surface area contributed by atoms with Crippen molar-refractivity contribution in [2.45, 2.75) is 29.7 Å². The number of aromatic nitrogens is 4. The Balaban J connectivity index is 1.46. The van der Waals surface area contributed by atoms with Crippen LogP contribution in [-0.2, 0) is 30.4 Å². The zero-order valence-electron chi connectivity index (χ0n) is 16.8. The number of hydrogen-bond acceptors (Lipinski definition) is 11. The number of nitrogens with zero attached hydrogens (tertiary/aromatic N) is 3. The highest BCUT2D eigenvalue weighted by molar-refractivity contribution is 8.00. The fourth-order valence-corrected chi connectivity index (χ4v) is 5.71. The van der Waals surface area contributed by atoms with Crippen LogP contribution in [0.4, 0.5) is 11.6 Å². The Kier molecular flexibility index (Phi) is 6.14. The van der Waals surface area contributed by atoms with Gasteiger partial charge in [-0.1, -0.05) is 30.0 Å². The smallest absolute Gasteiger partial charge is 0.385 e. The number of thioether (sulfide) groups is 1. The maximum Gasteiger partial charge on any atom is 0.522 e. The normalized spacial score (nSPS) is 25.8. The number of H-pyrrole nitrogens is 1. The molecule has 5 atom stereocenters. The zero-order valence-corrected chi connectivity index (χ0v) is 19.3. The largest absolute Gasteiger partial charge is 0.522 e. The van der Waals surface area contributed by atoms with Crippen molar-refractivity contribution in [2.75, 3.05) is 23.4 Å². The SMILES string of the molecule is Nc1nc2c(nc(SCC(=O)Nc3ccccc3)n2[C@@H]2OC3CO[P+](=S)O[C@H]3[C@@H]2O)c(=O)[nH]1. The Labute approximate surface area is 196 Å². The molecule has 0 spiro atoms. The van der Waals surface area contributed by atoms with E-state index in [1.165, 1.54) is 4.57 Å². The van der Waals surface area contributed by atoms with Crippen molar-refractivity contribution >= 4 is 59.4 Å². The average molecular weight is 509 g/mol.